The van der Waals surface area contributed by atoms with E-state index in [2.05, 4.69) is 91.0 Å². The van der Waals surface area contributed by atoms with Gasteiger partial charge in [-0.25, -0.2) is 0 Å². The van der Waals surface area contributed by atoms with E-state index in [4.69, 9.17) is 0 Å². The summed E-state index contributed by atoms with van der Waals surface area (Å²) in [5.74, 6) is 1.28. The zero-order chi connectivity index (χ0) is 17.4. The minimum Gasteiger partial charge on any atom is -0.418 e. The third-order valence-corrected chi connectivity index (χ3v) is 3.19. The summed E-state index contributed by atoms with van der Waals surface area (Å²) >= 11 is 0. The minimum atomic E-state index is -6.00. The summed E-state index contributed by atoms with van der Waals surface area (Å²) in [4.78, 5) is 0. The lowest BCUT2D eigenvalue weighted by Gasteiger charge is -2.12. The van der Waals surface area contributed by atoms with Gasteiger partial charge in [0, 0.05) is 0 Å². The molecule has 0 aliphatic heterocycles. The first-order valence-corrected chi connectivity index (χ1v) is 7.35. The van der Waals surface area contributed by atoms with Crippen LogP contribution in [-0.4, -0.2) is 7.25 Å². The molecule has 0 bridgehead atoms. The molecule has 0 amide bonds. The second kappa shape index (κ2) is 8.25. The molecule has 0 atom stereocenters. The monoisotopic (exact) mass is 330 g/mol. The summed E-state index contributed by atoms with van der Waals surface area (Å²) < 4.78 is 39.0. The highest BCUT2D eigenvalue weighted by Crippen LogP contribution is 2.30. The fourth-order valence-electron chi connectivity index (χ4n) is 2.31. The molecule has 0 saturated heterocycles. The third kappa shape index (κ3) is 5.84. The SMILES string of the molecule is F[B-](F)(F)F.c1ccc([C+](c2ccccc2)c2ccccc2)cc1. The second-order valence-corrected chi connectivity index (χ2v) is 4.97. The molecule has 5 heteroatoms. The van der Waals surface area contributed by atoms with Crippen LogP contribution >= 0.6 is 0 Å². The highest BCUT2D eigenvalue weighted by Gasteiger charge is 2.21. The van der Waals surface area contributed by atoms with E-state index in [0.29, 0.717) is 0 Å². The Morgan fingerprint density at radius 1 is 0.458 bits per heavy atom. The van der Waals surface area contributed by atoms with E-state index in [-0.39, 0.29) is 0 Å². The van der Waals surface area contributed by atoms with Crippen LogP contribution in [0.15, 0.2) is 91.0 Å². The van der Waals surface area contributed by atoms with Crippen molar-refractivity contribution in [2.45, 2.75) is 0 Å². The van der Waals surface area contributed by atoms with Crippen LogP contribution in [0, 0.1) is 5.92 Å². The van der Waals surface area contributed by atoms with Crippen LogP contribution in [0.3, 0.4) is 0 Å². The normalized spacial score (nSPS) is 10.5. The Kier molecular flexibility index (Phi) is 6.07. The molecule has 0 nitrogen and oxygen atoms in total. The summed E-state index contributed by atoms with van der Waals surface area (Å²) in [7, 11) is -6.00. The maximum absolute atomic E-state index is 9.75. The number of halogens is 4. The summed E-state index contributed by atoms with van der Waals surface area (Å²) in [6.07, 6.45) is 0. The Hall–Kier alpha value is -2.69. The fourth-order valence-corrected chi connectivity index (χ4v) is 2.31. The predicted molar refractivity (Wildman–Crippen MR) is 90.1 cm³/mol. The van der Waals surface area contributed by atoms with Crippen LogP contribution in [0.5, 0.6) is 0 Å². The van der Waals surface area contributed by atoms with Gasteiger partial charge in [0.2, 0.25) is 0 Å². The number of hydrogen-bond acceptors (Lipinski definition) is 0. The van der Waals surface area contributed by atoms with Gasteiger partial charge in [-0.15, -0.1) is 0 Å². The summed E-state index contributed by atoms with van der Waals surface area (Å²) in [6.45, 7) is 0. The standard InChI is InChI=1S/C19H15.BF4/c1-4-10-16(11-5-1)19(17-12-6-2-7-13-17)18-14-8-3-9-15-18;2-1(3,4)5/h1-15H;/q+1;-1. The Morgan fingerprint density at radius 2 is 0.667 bits per heavy atom. The molecule has 0 unspecified atom stereocenters. The van der Waals surface area contributed by atoms with Gasteiger partial charge >= 0.3 is 7.25 Å². The zero-order valence-electron chi connectivity index (χ0n) is 12.7. The Morgan fingerprint density at radius 3 is 0.875 bits per heavy atom. The molecule has 0 aliphatic carbocycles. The molecule has 3 aromatic rings. The molecule has 0 spiro atoms. The van der Waals surface area contributed by atoms with Crippen molar-refractivity contribution < 1.29 is 17.3 Å². The Bertz CT molecular complexity index is 613. The molecule has 24 heavy (non-hydrogen) atoms. The van der Waals surface area contributed by atoms with Crippen molar-refractivity contribution in [3.63, 3.8) is 0 Å². The van der Waals surface area contributed by atoms with E-state index >= 15 is 0 Å². The lowest BCUT2D eigenvalue weighted by molar-refractivity contribution is 0.368. The van der Waals surface area contributed by atoms with Crippen molar-refractivity contribution in [1.82, 2.24) is 0 Å². The predicted octanol–water partition coefficient (Wildman–Crippen LogP) is 6.01. The fraction of sp³-hybridized carbons (Fsp3) is 0. The van der Waals surface area contributed by atoms with Gasteiger partial charge in [-0.05, 0) is 72.8 Å². The number of benzene rings is 3. The summed E-state index contributed by atoms with van der Waals surface area (Å²) in [5, 5.41) is 0. The molecular formula is C19H15BF4. The molecule has 0 heterocycles. The van der Waals surface area contributed by atoms with E-state index < -0.39 is 7.25 Å². The van der Waals surface area contributed by atoms with Crippen molar-refractivity contribution in [2.24, 2.45) is 0 Å². The first kappa shape index (κ1) is 17.7. The van der Waals surface area contributed by atoms with E-state index in [1.54, 1.807) is 0 Å². The van der Waals surface area contributed by atoms with Gasteiger partial charge < -0.3 is 17.3 Å². The molecule has 0 aliphatic rings. The zero-order valence-corrected chi connectivity index (χ0v) is 12.7. The lowest BCUT2D eigenvalue weighted by atomic mass is 9.85. The van der Waals surface area contributed by atoms with E-state index in [0.717, 1.165) is 0 Å². The quantitative estimate of drug-likeness (QED) is 0.239. The molecule has 3 aromatic carbocycles. The number of hydrogen-bond donors (Lipinski definition) is 0. The maximum Gasteiger partial charge on any atom is 0.673 e. The highest BCUT2D eigenvalue weighted by molar-refractivity contribution is 6.50. The van der Waals surface area contributed by atoms with Gasteiger partial charge in [0.1, 0.15) is 0 Å². The molecule has 0 saturated carbocycles. The maximum atomic E-state index is 9.75. The largest absolute Gasteiger partial charge is 0.673 e. The van der Waals surface area contributed by atoms with Gasteiger partial charge in [-0.3, -0.25) is 0 Å². The molecule has 0 N–H and O–H groups in total. The average Bonchev–Trinajstić information content (AvgIpc) is 2.57. The Balaban J connectivity index is 0.000000368. The number of rotatable bonds is 3. The van der Waals surface area contributed by atoms with Crippen LogP contribution in [0.1, 0.15) is 16.7 Å². The van der Waals surface area contributed by atoms with Crippen molar-refractivity contribution in [3.05, 3.63) is 114 Å². The Labute approximate surface area is 138 Å². The van der Waals surface area contributed by atoms with Crippen LogP contribution in [0.2, 0.25) is 0 Å². The molecule has 0 fully saturated rings. The van der Waals surface area contributed by atoms with Crippen LogP contribution in [-0.2, 0) is 0 Å². The van der Waals surface area contributed by atoms with Gasteiger partial charge in [0.25, 0.3) is 0 Å². The first-order valence-electron chi connectivity index (χ1n) is 7.35. The molecular weight excluding hydrogens is 315 g/mol. The van der Waals surface area contributed by atoms with Gasteiger partial charge in [0.05, 0.1) is 22.6 Å². The molecule has 122 valence electrons. The lowest BCUT2D eigenvalue weighted by Crippen LogP contribution is -2.03. The van der Waals surface area contributed by atoms with Crippen molar-refractivity contribution in [3.8, 4) is 0 Å². The second-order valence-electron chi connectivity index (χ2n) is 4.97. The highest BCUT2D eigenvalue weighted by atomic mass is 19.5. The van der Waals surface area contributed by atoms with Gasteiger partial charge in [-0.1, -0.05) is 18.2 Å². The van der Waals surface area contributed by atoms with Crippen molar-refractivity contribution in [1.29, 1.82) is 0 Å². The first-order chi connectivity index (χ1) is 11.4. The van der Waals surface area contributed by atoms with E-state index in [1.165, 1.54) is 22.6 Å². The topological polar surface area (TPSA) is 0 Å². The van der Waals surface area contributed by atoms with Gasteiger partial charge in [-0.2, -0.15) is 0 Å². The smallest absolute Gasteiger partial charge is 0.418 e. The van der Waals surface area contributed by atoms with E-state index in [9.17, 15) is 17.3 Å². The van der Waals surface area contributed by atoms with Crippen molar-refractivity contribution in [2.75, 3.05) is 0 Å². The van der Waals surface area contributed by atoms with Crippen LogP contribution in [0.4, 0.5) is 17.3 Å². The molecule has 0 aromatic heterocycles. The molecule has 0 radical (unpaired) electrons. The minimum absolute atomic E-state index is 1.25. The molecule has 3 rings (SSSR count). The summed E-state index contributed by atoms with van der Waals surface area (Å²) in [5.41, 5.74) is 3.75. The van der Waals surface area contributed by atoms with Crippen molar-refractivity contribution >= 4 is 7.25 Å². The average molecular weight is 330 g/mol. The van der Waals surface area contributed by atoms with E-state index in [1.807, 2.05) is 0 Å². The van der Waals surface area contributed by atoms with Crippen LogP contribution < -0.4 is 0 Å². The van der Waals surface area contributed by atoms with Crippen LogP contribution in [0.25, 0.3) is 0 Å². The summed E-state index contributed by atoms with van der Waals surface area (Å²) in [6, 6.07) is 31.6. The van der Waals surface area contributed by atoms with Gasteiger partial charge in [0.15, 0.2) is 0 Å². The third-order valence-electron chi connectivity index (χ3n) is 3.19.